The van der Waals surface area contributed by atoms with Gasteiger partial charge < -0.3 is 19.9 Å². The van der Waals surface area contributed by atoms with Crippen molar-refractivity contribution in [2.75, 3.05) is 75.1 Å². The van der Waals surface area contributed by atoms with E-state index in [2.05, 4.69) is 25.4 Å². The molecule has 0 spiro atoms. The molecule has 0 bridgehead atoms. The maximum atomic E-state index is 13.8. The van der Waals surface area contributed by atoms with Crippen LogP contribution in [0, 0.1) is 0 Å². The van der Waals surface area contributed by atoms with Crippen LogP contribution in [-0.4, -0.2) is 92.0 Å². The van der Waals surface area contributed by atoms with Gasteiger partial charge in [0.15, 0.2) is 5.13 Å². The van der Waals surface area contributed by atoms with Crippen molar-refractivity contribution in [2.24, 2.45) is 0 Å². The number of anilines is 3. The highest BCUT2D eigenvalue weighted by atomic mass is 32.1. The Kier molecular flexibility index (Phi) is 11.3. The van der Waals surface area contributed by atoms with Gasteiger partial charge in [-0.25, -0.2) is 4.98 Å². The molecule has 3 aromatic carbocycles. The lowest BCUT2D eigenvalue weighted by Crippen LogP contribution is -2.41. The highest BCUT2D eigenvalue weighted by Crippen LogP contribution is 2.34. The number of benzene rings is 3. The van der Waals surface area contributed by atoms with E-state index in [9.17, 15) is 27.6 Å². The summed E-state index contributed by atoms with van der Waals surface area (Å²) in [6, 6.07) is 16.6. The van der Waals surface area contributed by atoms with E-state index in [-0.39, 0.29) is 39.1 Å². The summed E-state index contributed by atoms with van der Waals surface area (Å²) in [6.45, 7) is 5.91. The minimum atomic E-state index is -4.50. The molecule has 2 aliphatic rings. The number of rotatable bonds is 10. The molecular weight excluding hydrogens is 682 g/mol. The highest BCUT2D eigenvalue weighted by molar-refractivity contribution is 7.14. The van der Waals surface area contributed by atoms with E-state index >= 15 is 0 Å². The number of aromatic nitrogens is 1. The molecule has 0 aliphatic carbocycles. The lowest BCUT2D eigenvalue weighted by Gasteiger charge is -2.29. The van der Waals surface area contributed by atoms with E-state index in [0.29, 0.717) is 25.3 Å². The molecule has 3 amide bonds. The van der Waals surface area contributed by atoms with Crippen LogP contribution in [0.25, 0.3) is 11.3 Å². The van der Waals surface area contributed by atoms with Crippen LogP contribution in [0.4, 0.5) is 29.7 Å². The number of carbonyl (C=O) groups is 3. The second kappa shape index (κ2) is 16.0. The van der Waals surface area contributed by atoms with Gasteiger partial charge in [-0.3, -0.25) is 24.6 Å². The molecule has 10 nitrogen and oxygen atoms in total. The largest absolute Gasteiger partial charge is 0.416 e. The first-order valence-corrected chi connectivity index (χ1v) is 17.7. The molecule has 14 heteroatoms. The Morgan fingerprint density at radius 2 is 1.63 bits per heavy atom. The number of halogens is 3. The summed E-state index contributed by atoms with van der Waals surface area (Å²) in [6.07, 6.45) is -1.33. The van der Waals surface area contributed by atoms with Gasteiger partial charge in [0.1, 0.15) is 0 Å². The van der Waals surface area contributed by atoms with Crippen molar-refractivity contribution in [3.8, 4) is 11.3 Å². The molecule has 2 fully saturated rings. The van der Waals surface area contributed by atoms with Crippen LogP contribution < -0.4 is 15.5 Å². The minimum absolute atomic E-state index is 0.192. The van der Waals surface area contributed by atoms with Gasteiger partial charge >= 0.3 is 6.18 Å². The number of thiazole rings is 1. The summed E-state index contributed by atoms with van der Waals surface area (Å²) in [5, 5.41) is 7.39. The van der Waals surface area contributed by atoms with Gasteiger partial charge in [0, 0.05) is 74.1 Å². The van der Waals surface area contributed by atoms with E-state index in [4.69, 9.17) is 4.74 Å². The van der Waals surface area contributed by atoms with E-state index in [0.717, 1.165) is 81.1 Å². The molecule has 2 aliphatic heterocycles. The van der Waals surface area contributed by atoms with Crippen molar-refractivity contribution in [2.45, 2.75) is 25.4 Å². The van der Waals surface area contributed by atoms with E-state index in [1.54, 1.807) is 47.7 Å². The average molecular weight is 721 g/mol. The van der Waals surface area contributed by atoms with Crippen molar-refractivity contribution < 1.29 is 32.3 Å². The third-order valence-electron chi connectivity index (χ3n) is 9.00. The van der Waals surface area contributed by atoms with Crippen LogP contribution in [0.5, 0.6) is 0 Å². The Morgan fingerprint density at radius 1 is 0.882 bits per heavy atom. The Morgan fingerprint density at radius 3 is 2.39 bits per heavy atom. The molecule has 268 valence electrons. The first kappa shape index (κ1) is 36.0. The maximum absolute atomic E-state index is 13.8. The number of morpholine rings is 1. The topological polar surface area (TPSA) is 107 Å². The molecule has 3 heterocycles. The van der Waals surface area contributed by atoms with Gasteiger partial charge in [0.2, 0.25) is 0 Å². The van der Waals surface area contributed by atoms with Gasteiger partial charge in [-0.15, -0.1) is 11.3 Å². The van der Waals surface area contributed by atoms with Crippen molar-refractivity contribution in [3.63, 3.8) is 0 Å². The smallest absolute Gasteiger partial charge is 0.379 e. The predicted molar refractivity (Wildman–Crippen MR) is 192 cm³/mol. The molecule has 0 radical (unpaired) electrons. The number of nitrogens with zero attached hydrogens (tertiary/aromatic N) is 4. The van der Waals surface area contributed by atoms with Gasteiger partial charge in [0.05, 0.1) is 35.7 Å². The molecule has 2 N–H and O–H groups in total. The summed E-state index contributed by atoms with van der Waals surface area (Å²) in [5.41, 5.74) is 1.66. The molecule has 0 unspecified atom stereocenters. The van der Waals surface area contributed by atoms with Crippen LogP contribution >= 0.6 is 11.3 Å². The maximum Gasteiger partial charge on any atom is 0.416 e. The SMILES string of the molecule is CN(CCN1CCOCC1)C(=O)c1cccc(C(=O)Nc2ccc(N3CCCCC3)cc2C(=O)Nc2nc(-c3cccc(C(F)(F)F)c3)cs2)c1. The van der Waals surface area contributed by atoms with Crippen molar-refractivity contribution in [1.29, 1.82) is 0 Å². The average Bonchev–Trinajstić information content (AvgIpc) is 3.62. The van der Waals surface area contributed by atoms with Crippen LogP contribution in [-0.2, 0) is 10.9 Å². The summed E-state index contributed by atoms with van der Waals surface area (Å²) >= 11 is 1.08. The summed E-state index contributed by atoms with van der Waals surface area (Å²) in [5.74, 6) is -1.25. The number of amides is 3. The fourth-order valence-corrected chi connectivity index (χ4v) is 6.80. The van der Waals surface area contributed by atoms with Crippen LogP contribution in [0.2, 0.25) is 0 Å². The predicted octanol–water partition coefficient (Wildman–Crippen LogP) is 6.73. The molecule has 0 saturated carbocycles. The first-order chi connectivity index (χ1) is 24.5. The molecule has 0 atom stereocenters. The number of hydrogen-bond donors (Lipinski definition) is 2. The molecule has 4 aromatic rings. The molecule has 6 rings (SSSR count). The minimum Gasteiger partial charge on any atom is -0.379 e. The highest BCUT2D eigenvalue weighted by Gasteiger charge is 2.30. The number of nitrogens with one attached hydrogen (secondary N) is 2. The van der Waals surface area contributed by atoms with Crippen molar-refractivity contribution >= 4 is 45.6 Å². The van der Waals surface area contributed by atoms with Crippen LogP contribution in [0.1, 0.15) is 55.9 Å². The Labute approximate surface area is 298 Å². The van der Waals surface area contributed by atoms with Crippen molar-refractivity contribution in [1.82, 2.24) is 14.8 Å². The number of alkyl halides is 3. The Balaban J connectivity index is 1.19. The van der Waals surface area contributed by atoms with E-state index in [1.807, 2.05) is 6.07 Å². The third-order valence-corrected chi connectivity index (χ3v) is 9.76. The van der Waals surface area contributed by atoms with E-state index in [1.165, 1.54) is 18.2 Å². The standard InChI is InChI=1S/C37H39F3N6O4S/c1-44(15-16-45-17-19-50-20-18-45)35(49)27-9-5-8-26(21-27)33(47)41-31-12-11-29(46-13-3-2-4-14-46)23-30(31)34(48)43-36-42-32(24-51-36)25-7-6-10-28(22-25)37(38,39)40/h5-12,21-24H,2-4,13-20H2,1H3,(H,41,47)(H,42,43,48). The summed E-state index contributed by atoms with van der Waals surface area (Å²) in [7, 11) is 1.73. The lowest BCUT2D eigenvalue weighted by atomic mass is 10.1. The molecule has 2 saturated heterocycles. The lowest BCUT2D eigenvalue weighted by molar-refractivity contribution is -0.137. The Bertz CT molecular complexity index is 1870. The molecule has 1 aromatic heterocycles. The number of ether oxygens (including phenoxy) is 1. The van der Waals surface area contributed by atoms with Crippen LogP contribution in [0.3, 0.4) is 0 Å². The second-order valence-electron chi connectivity index (χ2n) is 12.6. The van der Waals surface area contributed by atoms with Crippen molar-refractivity contribution in [3.05, 3.63) is 94.4 Å². The van der Waals surface area contributed by atoms with E-state index < -0.39 is 23.6 Å². The molecule has 51 heavy (non-hydrogen) atoms. The zero-order chi connectivity index (χ0) is 36.0. The van der Waals surface area contributed by atoms with Gasteiger partial charge in [-0.1, -0.05) is 18.2 Å². The zero-order valence-corrected chi connectivity index (χ0v) is 29.0. The fourth-order valence-electron chi connectivity index (χ4n) is 6.09. The fraction of sp³-hybridized carbons (Fsp3) is 0.351. The third kappa shape index (κ3) is 9.12. The number of carbonyl (C=O) groups excluding carboxylic acids is 3. The quantitative estimate of drug-likeness (QED) is 0.187. The van der Waals surface area contributed by atoms with Crippen LogP contribution in [0.15, 0.2) is 72.1 Å². The number of hydrogen-bond acceptors (Lipinski definition) is 8. The first-order valence-electron chi connectivity index (χ1n) is 16.9. The number of piperidine rings is 1. The Hall–Kier alpha value is -4.79. The normalized spacial score (nSPS) is 15.3. The van der Waals surface area contributed by atoms with Gasteiger partial charge in [-0.05, 0) is 67.8 Å². The zero-order valence-electron chi connectivity index (χ0n) is 28.2. The molecular formula is C37H39F3N6O4S. The number of likely N-dealkylation sites (N-methyl/N-ethyl adjacent to an activating group) is 1. The summed E-state index contributed by atoms with van der Waals surface area (Å²) < 4.78 is 45.3. The second-order valence-corrected chi connectivity index (χ2v) is 13.4. The monoisotopic (exact) mass is 720 g/mol. The summed E-state index contributed by atoms with van der Waals surface area (Å²) in [4.78, 5) is 51.1. The van der Waals surface area contributed by atoms with Gasteiger partial charge in [0.25, 0.3) is 17.7 Å². The van der Waals surface area contributed by atoms with Gasteiger partial charge in [-0.2, -0.15) is 13.2 Å².